The van der Waals surface area contributed by atoms with Gasteiger partial charge in [0.15, 0.2) is 0 Å². The second-order valence-electron chi connectivity index (χ2n) is 7.80. The Kier molecular flexibility index (Phi) is 5.08. The molecule has 2 heterocycles. The van der Waals surface area contributed by atoms with E-state index in [0.717, 1.165) is 42.6 Å². The first-order chi connectivity index (χ1) is 14.8. The summed E-state index contributed by atoms with van der Waals surface area (Å²) < 4.78 is 0. The van der Waals surface area contributed by atoms with Crippen molar-refractivity contribution in [1.82, 2.24) is 14.8 Å². The average molecular weight is 396 g/mol. The second-order valence-corrected chi connectivity index (χ2v) is 7.80. The van der Waals surface area contributed by atoms with Crippen molar-refractivity contribution in [3.8, 4) is 0 Å². The van der Waals surface area contributed by atoms with E-state index in [4.69, 9.17) is 0 Å². The molecule has 0 bridgehead atoms. The van der Waals surface area contributed by atoms with Crippen molar-refractivity contribution in [2.24, 2.45) is 0 Å². The third-order valence-corrected chi connectivity index (χ3v) is 6.01. The predicted molar refractivity (Wildman–Crippen MR) is 121 cm³/mol. The number of benzene rings is 3. The van der Waals surface area contributed by atoms with E-state index in [9.17, 15) is 4.79 Å². The van der Waals surface area contributed by atoms with Gasteiger partial charge in [0.25, 0.3) is 5.91 Å². The number of aromatic amines is 1. The van der Waals surface area contributed by atoms with E-state index in [1.165, 1.54) is 11.1 Å². The minimum atomic E-state index is 0.110. The molecule has 0 aliphatic carbocycles. The fourth-order valence-corrected chi connectivity index (χ4v) is 4.50. The zero-order valence-electron chi connectivity index (χ0n) is 16.9. The van der Waals surface area contributed by atoms with Gasteiger partial charge in [-0.25, -0.2) is 0 Å². The molecule has 1 fully saturated rings. The van der Waals surface area contributed by atoms with Gasteiger partial charge in [0, 0.05) is 37.8 Å². The van der Waals surface area contributed by atoms with Crippen LogP contribution in [-0.2, 0) is 0 Å². The summed E-state index contributed by atoms with van der Waals surface area (Å²) >= 11 is 0. The number of piperazine rings is 1. The molecule has 4 aromatic rings. The second kappa shape index (κ2) is 8.17. The SMILES string of the molecule is O=C(c1cccc2cc[nH]c12)N1CCN(C(c2ccccc2)c2ccccc2)CC1. The Bertz CT molecular complexity index is 1090. The molecule has 1 aliphatic rings. The fraction of sp³-hybridized carbons (Fsp3) is 0.192. The highest BCUT2D eigenvalue weighted by Crippen LogP contribution is 2.30. The largest absolute Gasteiger partial charge is 0.361 e. The van der Waals surface area contributed by atoms with Crippen molar-refractivity contribution in [3.05, 3.63) is 108 Å². The standard InChI is InChI=1S/C26H25N3O/c30-26(23-13-7-12-20-14-15-27-24(20)23)29-18-16-28(17-19-29)25(21-8-3-1-4-9-21)22-10-5-2-6-11-22/h1-15,25,27H,16-19H2. The molecular weight excluding hydrogens is 370 g/mol. The molecule has 1 aromatic heterocycles. The Morgan fingerprint density at radius 2 is 1.37 bits per heavy atom. The van der Waals surface area contributed by atoms with Gasteiger partial charge in [-0.15, -0.1) is 0 Å². The maximum Gasteiger partial charge on any atom is 0.256 e. The summed E-state index contributed by atoms with van der Waals surface area (Å²) in [6, 6.07) is 29.4. The van der Waals surface area contributed by atoms with Gasteiger partial charge in [0.05, 0.1) is 17.1 Å². The third-order valence-electron chi connectivity index (χ3n) is 6.01. The van der Waals surface area contributed by atoms with Gasteiger partial charge in [-0.3, -0.25) is 9.69 Å². The number of carbonyl (C=O) groups excluding carboxylic acids is 1. The molecular formula is C26H25N3O. The molecule has 4 heteroatoms. The highest BCUT2D eigenvalue weighted by molar-refractivity contribution is 6.05. The number of fused-ring (bicyclic) bond motifs is 1. The van der Waals surface area contributed by atoms with Crippen LogP contribution in [0.25, 0.3) is 10.9 Å². The van der Waals surface area contributed by atoms with Crippen LogP contribution in [0.2, 0.25) is 0 Å². The summed E-state index contributed by atoms with van der Waals surface area (Å²) in [5, 5.41) is 1.08. The molecule has 0 unspecified atom stereocenters. The van der Waals surface area contributed by atoms with E-state index >= 15 is 0 Å². The van der Waals surface area contributed by atoms with Crippen LogP contribution >= 0.6 is 0 Å². The maximum atomic E-state index is 13.2. The summed E-state index contributed by atoms with van der Waals surface area (Å²) in [6.45, 7) is 3.15. The third kappa shape index (κ3) is 3.51. The Hall–Kier alpha value is -3.37. The molecule has 5 rings (SSSR count). The smallest absolute Gasteiger partial charge is 0.256 e. The molecule has 0 atom stereocenters. The summed E-state index contributed by atoms with van der Waals surface area (Å²) in [4.78, 5) is 20.9. The predicted octanol–water partition coefficient (Wildman–Crippen LogP) is 4.72. The van der Waals surface area contributed by atoms with Crippen molar-refractivity contribution in [2.75, 3.05) is 26.2 Å². The molecule has 1 N–H and O–H groups in total. The lowest BCUT2D eigenvalue weighted by Crippen LogP contribution is -2.49. The van der Waals surface area contributed by atoms with Crippen molar-refractivity contribution in [1.29, 1.82) is 0 Å². The Morgan fingerprint density at radius 1 is 0.733 bits per heavy atom. The lowest BCUT2D eigenvalue weighted by atomic mass is 9.96. The first kappa shape index (κ1) is 18.6. The summed E-state index contributed by atoms with van der Waals surface area (Å²) in [5.74, 6) is 0.110. The van der Waals surface area contributed by atoms with Gasteiger partial charge in [-0.1, -0.05) is 72.8 Å². The highest BCUT2D eigenvalue weighted by Gasteiger charge is 2.29. The number of hydrogen-bond acceptors (Lipinski definition) is 2. The zero-order valence-corrected chi connectivity index (χ0v) is 16.9. The molecule has 0 spiro atoms. The number of hydrogen-bond donors (Lipinski definition) is 1. The van der Waals surface area contributed by atoms with E-state index in [2.05, 4.69) is 70.5 Å². The monoisotopic (exact) mass is 395 g/mol. The van der Waals surface area contributed by atoms with Crippen LogP contribution in [0.4, 0.5) is 0 Å². The Labute approximate surface area is 176 Å². The van der Waals surface area contributed by atoms with E-state index in [1.54, 1.807) is 0 Å². The molecule has 150 valence electrons. The molecule has 4 nitrogen and oxygen atoms in total. The van der Waals surface area contributed by atoms with Crippen LogP contribution in [-0.4, -0.2) is 46.9 Å². The molecule has 0 saturated carbocycles. The minimum Gasteiger partial charge on any atom is -0.361 e. The quantitative estimate of drug-likeness (QED) is 0.543. The van der Waals surface area contributed by atoms with Crippen LogP contribution in [0, 0.1) is 0 Å². The Balaban J connectivity index is 1.36. The van der Waals surface area contributed by atoms with Crippen LogP contribution in [0.1, 0.15) is 27.5 Å². The van der Waals surface area contributed by atoms with Crippen LogP contribution in [0.5, 0.6) is 0 Å². The van der Waals surface area contributed by atoms with Crippen molar-refractivity contribution >= 4 is 16.8 Å². The summed E-state index contributed by atoms with van der Waals surface area (Å²) in [5.41, 5.74) is 4.27. The lowest BCUT2D eigenvalue weighted by molar-refractivity contribution is 0.0599. The van der Waals surface area contributed by atoms with Crippen molar-refractivity contribution < 1.29 is 4.79 Å². The van der Waals surface area contributed by atoms with Gasteiger partial charge < -0.3 is 9.88 Å². The fourth-order valence-electron chi connectivity index (χ4n) is 4.50. The van der Waals surface area contributed by atoms with Gasteiger partial charge in [0.2, 0.25) is 0 Å². The van der Waals surface area contributed by atoms with Crippen molar-refractivity contribution in [2.45, 2.75) is 6.04 Å². The van der Waals surface area contributed by atoms with Crippen LogP contribution < -0.4 is 0 Å². The number of para-hydroxylation sites is 1. The van der Waals surface area contributed by atoms with E-state index in [-0.39, 0.29) is 11.9 Å². The molecule has 1 saturated heterocycles. The first-order valence-corrected chi connectivity index (χ1v) is 10.5. The normalized spacial score (nSPS) is 15.0. The number of nitrogens with one attached hydrogen (secondary N) is 1. The number of amides is 1. The average Bonchev–Trinajstić information content (AvgIpc) is 3.30. The number of H-pyrrole nitrogens is 1. The molecule has 1 aliphatic heterocycles. The highest BCUT2D eigenvalue weighted by atomic mass is 16.2. The van der Waals surface area contributed by atoms with Crippen LogP contribution in [0.3, 0.4) is 0 Å². The van der Waals surface area contributed by atoms with Crippen molar-refractivity contribution in [3.63, 3.8) is 0 Å². The topological polar surface area (TPSA) is 39.3 Å². The van der Waals surface area contributed by atoms with Gasteiger partial charge in [0.1, 0.15) is 0 Å². The minimum absolute atomic E-state index is 0.110. The Morgan fingerprint density at radius 3 is 2.00 bits per heavy atom. The van der Waals surface area contributed by atoms with E-state index in [0.29, 0.717) is 0 Å². The maximum absolute atomic E-state index is 13.2. The summed E-state index contributed by atoms with van der Waals surface area (Å²) in [6.07, 6.45) is 1.89. The van der Waals surface area contributed by atoms with Gasteiger partial charge in [-0.05, 0) is 23.3 Å². The number of rotatable bonds is 4. The molecule has 1 amide bonds. The lowest BCUT2D eigenvalue weighted by Gasteiger charge is -2.39. The molecule has 3 aromatic carbocycles. The van der Waals surface area contributed by atoms with Gasteiger partial charge >= 0.3 is 0 Å². The number of nitrogens with zero attached hydrogens (tertiary/aromatic N) is 2. The number of aromatic nitrogens is 1. The summed E-state index contributed by atoms with van der Waals surface area (Å²) in [7, 11) is 0. The number of carbonyl (C=O) groups is 1. The first-order valence-electron chi connectivity index (χ1n) is 10.5. The molecule has 30 heavy (non-hydrogen) atoms. The van der Waals surface area contributed by atoms with Crippen LogP contribution in [0.15, 0.2) is 91.1 Å². The zero-order chi connectivity index (χ0) is 20.3. The van der Waals surface area contributed by atoms with E-state index < -0.39 is 0 Å². The molecule has 0 radical (unpaired) electrons. The van der Waals surface area contributed by atoms with Gasteiger partial charge in [-0.2, -0.15) is 0 Å². The van der Waals surface area contributed by atoms with E-state index in [1.807, 2.05) is 35.4 Å².